The van der Waals surface area contributed by atoms with E-state index < -0.39 is 67.6 Å². The fourth-order valence-electron chi connectivity index (χ4n) is 7.29. The van der Waals surface area contributed by atoms with Gasteiger partial charge in [-0.15, -0.1) is 0 Å². The maximum atomic E-state index is 14.2. The molecule has 0 radical (unpaired) electrons. The van der Waals surface area contributed by atoms with Crippen LogP contribution in [0.4, 0.5) is 38.9 Å². The number of rotatable bonds is 6. The topological polar surface area (TPSA) is 265 Å². The van der Waals surface area contributed by atoms with Crippen molar-refractivity contribution in [3.63, 3.8) is 0 Å². The number of carbonyl (C=O) groups is 1. The number of fused-ring (bicyclic) bond motifs is 6. The maximum Gasteiger partial charge on any atom is 0.323 e. The highest BCUT2D eigenvalue weighted by atomic mass is 32.2. The average molecular weight is 839 g/mol. The van der Waals surface area contributed by atoms with E-state index in [0.717, 1.165) is 32.9 Å². The number of aromatic hydroxyl groups is 2. The van der Waals surface area contributed by atoms with Crippen molar-refractivity contribution >= 4 is 102 Å². The Balaban J connectivity index is 1.23. The van der Waals surface area contributed by atoms with E-state index in [1.165, 1.54) is 74.5 Å². The summed E-state index contributed by atoms with van der Waals surface area (Å²) >= 11 is 0. The monoisotopic (exact) mass is 838 g/mol. The fourth-order valence-corrected chi connectivity index (χ4v) is 12.5. The molecule has 2 heterocycles. The van der Waals surface area contributed by atoms with Gasteiger partial charge in [-0.1, -0.05) is 36.4 Å². The molecule has 2 aliphatic heterocycles. The second kappa shape index (κ2) is 12.0. The third-order valence-electron chi connectivity index (χ3n) is 9.48. The van der Waals surface area contributed by atoms with E-state index in [1.807, 2.05) is 0 Å². The number of carbonyl (C=O) groups excluding carboxylic acids is 1. The van der Waals surface area contributed by atoms with E-state index in [0.29, 0.717) is 0 Å². The Hall–Kier alpha value is -5.97. The number of anilines is 6. The molecule has 0 fully saturated rings. The lowest BCUT2D eigenvalue weighted by atomic mass is 10.1. The first kappa shape index (κ1) is 37.0. The molecule has 0 unspecified atom stereocenters. The molecule has 0 aliphatic carbocycles. The Morgan fingerprint density at radius 3 is 1.27 bits per heavy atom. The number of hydrogen-bond acceptors (Lipinski definition) is 11. The van der Waals surface area contributed by atoms with Gasteiger partial charge in [-0.3, -0.25) is 9.11 Å². The number of phenols is 2. The highest BCUT2D eigenvalue weighted by Gasteiger charge is 2.44. The molecule has 0 atom stereocenters. The van der Waals surface area contributed by atoms with Gasteiger partial charge in [0.05, 0.1) is 34.1 Å². The number of phenolic OH excluding ortho intramolecular Hbond substituents is 2. The van der Waals surface area contributed by atoms with Crippen molar-refractivity contribution in [2.75, 3.05) is 19.2 Å². The largest absolute Gasteiger partial charge is 0.507 e. The summed E-state index contributed by atoms with van der Waals surface area (Å²) in [5, 5.41) is 25.9. The first-order valence-electron chi connectivity index (χ1n) is 16.1. The number of amides is 2. The summed E-state index contributed by atoms with van der Waals surface area (Å²) in [7, 11) is -18.8. The van der Waals surface area contributed by atoms with Crippen LogP contribution in [0.2, 0.25) is 0 Å². The molecule has 4 bridgehead atoms. The zero-order valence-electron chi connectivity index (χ0n) is 28.6. The second-order valence-electron chi connectivity index (χ2n) is 12.8. The van der Waals surface area contributed by atoms with Crippen LogP contribution in [-0.4, -0.2) is 59.0 Å². The summed E-state index contributed by atoms with van der Waals surface area (Å²) in [6.45, 7) is 2.92. The lowest BCUT2D eigenvalue weighted by Gasteiger charge is -2.21. The molecule has 56 heavy (non-hydrogen) atoms. The van der Waals surface area contributed by atoms with Crippen LogP contribution >= 0.6 is 0 Å². The first-order valence-corrected chi connectivity index (χ1v) is 21.8. The molecule has 6 aromatic carbocycles. The van der Waals surface area contributed by atoms with Gasteiger partial charge in [-0.25, -0.2) is 30.2 Å². The highest BCUT2D eigenvalue weighted by molar-refractivity contribution is 7.94. The molecule has 0 aromatic heterocycles. The van der Waals surface area contributed by atoms with E-state index in [2.05, 4.69) is 10.6 Å². The minimum Gasteiger partial charge on any atom is -0.507 e. The second-order valence-corrected chi connectivity index (χ2v) is 19.1. The summed E-state index contributed by atoms with van der Waals surface area (Å²) in [5.41, 5.74) is -0.790. The van der Waals surface area contributed by atoms with Gasteiger partial charge in [0.15, 0.2) is 0 Å². The summed E-state index contributed by atoms with van der Waals surface area (Å²) < 4.78 is 127. The molecule has 17 nitrogen and oxygen atoms in total. The predicted octanol–water partition coefficient (Wildman–Crippen LogP) is 5.84. The van der Waals surface area contributed by atoms with E-state index >= 15 is 0 Å². The molecule has 2 aliphatic rings. The van der Waals surface area contributed by atoms with Crippen molar-refractivity contribution in [3.05, 3.63) is 96.1 Å². The van der Waals surface area contributed by atoms with Crippen LogP contribution in [0.15, 0.2) is 105 Å². The predicted molar refractivity (Wildman–Crippen MR) is 205 cm³/mol. The van der Waals surface area contributed by atoms with Crippen LogP contribution in [0, 0.1) is 13.8 Å². The molecule has 2 amide bonds. The molecule has 8 rings (SSSR count). The van der Waals surface area contributed by atoms with Crippen molar-refractivity contribution in [1.29, 1.82) is 0 Å². The van der Waals surface area contributed by atoms with Crippen molar-refractivity contribution < 1.29 is 57.8 Å². The fraction of sp³-hybridized carbons (Fsp3) is 0.0571. The van der Waals surface area contributed by atoms with Gasteiger partial charge in [0.2, 0.25) is 0 Å². The summed E-state index contributed by atoms with van der Waals surface area (Å²) in [6, 6.07) is 16.2. The van der Waals surface area contributed by atoms with Crippen molar-refractivity contribution in [2.45, 2.75) is 33.4 Å². The number of sulfonamides is 2. The number of hydrogen-bond donors (Lipinski definition) is 6. The Kier molecular flexibility index (Phi) is 7.93. The van der Waals surface area contributed by atoms with Crippen LogP contribution in [-0.2, 0) is 40.3 Å². The van der Waals surface area contributed by atoms with E-state index in [4.69, 9.17) is 0 Å². The minimum absolute atomic E-state index is 0.125. The highest BCUT2D eigenvalue weighted by Crippen LogP contribution is 2.54. The molecular weight excluding hydrogens is 813 g/mol. The van der Waals surface area contributed by atoms with Crippen LogP contribution < -0.4 is 19.2 Å². The molecule has 21 heteroatoms. The SMILES string of the molecule is Cc1ccc2c(NC(=O)Nc3c4ccc(C)c3S(=O)(=O)N4c3ccc(S(=O)(=O)O)c4cccc(O)c34)c1S(=O)(=O)N2c1ccc(S(=O)(=O)O)c2cccc(O)c12. The standard InChI is InChI=1S/C35H26N4O13S4/c1-17-9-11-23-31(33(17)53(43,44)38(23)21-13-15-27(55(47,48)49)19-5-3-7-25(40)29(19)21)36-35(42)37-32-24-12-10-18(2)34(32)54(45,46)39(24)22-14-16-28(56(50,51)52)20-6-4-8-26(41)30(20)22/h3-16,40-41H,1-2H3,(H2,36,37,42)(H,47,48,49)(H,50,51,52). The lowest BCUT2D eigenvalue weighted by Crippen LogP contribution is -2.22. The molecule has 288 valence electrons. The van der Waals surface area contributed by atoms with E-state index in [9.17, 15) is 57.8 Å². The maximum absolute atomic E-state index is 14.2. The van der Waals surface area contributed by atoms with Crippen LogP contribution in [0.5, 0.6) is 11.5 Å². The summed E-state index contributed by atoms with van der Waals surface area (Å²) in [4.78, 5) is 12.0. The van der Waals surface area contributed by atoms with Crippen molar-refractivity contribution in [3.8, 4) is 11.5 Å². The third-order valence-corrected chi connectivity index (χ3v) is 15.1. The Morgan fingerprint density at radius 1 is 0.554 bits per heavy atom. The molecule has 6 aromatic rings. The van der Waals surface area contributed by atoms with Gasteiger partial charge in [0.1, 0.15) is 31.1 Å². The number of nitrogens with zero attached hydrogens (tertiary/aromatic N) is 2. The summed E-state index contributed by atoms with van der Waals surface area (Å²) in [5.74, 6) is -1.03. The number of benzene rings is 6. The van der Waals surface area contributed by atoms with Gasteiger partial charge >= 0.3 is 6.03 Å². The zero-order valence-corrected chi connectivity index (χ0v) is 31.8. The van der Waals surface area contributed by atoms with Crippen LogP contribution in [0.25, 0.3) is 21.5 Å². The summed E-state index contributed by atoms with van der Waals surface area (Å²) in [6.07, 6.45) is 0. The third kappa shape index (κ3) is 5.27. The number of aryl methyl sites for hydroxylation is 2. The normalized spacial score (nSPS) is 15.4. The van der Waals surface area contributed by atoms with E-state index in [-0.39, 0.29) is 76.6 Å². The number of urea groups is 1. The molecule has 0 saturated heterocycles. The van der Waals surface area contributed by atoms with Gasteiger partial charge in [0, 0.05) is 21.5 Å². The number of nitrogens with one attached hydrogen (secondary N) is 2. The first-order chi connectivity index (χ1) is 26.2. The van der Waals surface area contributed by atoms with Gasteiger partial charge in [-0.2, -0.15) is 16.8 Å². The molecular formula is C35H26N4O13S4. The smallest absolute Gasteiger partial charge is 0.323 e. The zero-order chi connectivity index (χ0) is 40.4. The average Bonchev–Trinajstić information content (AvgIpc) is 3.34. The van der Waals surface area contributed by atoms with Gasteiger partial charge in [-0.05, 0) is 73.5 Å². The van der Waals surface area contributed by atoms with Crippen molar-refractivity contribution in [1.82, 2.24) is 0 Å². The quantitative estimate of drug-likeness (QED) is 0.108. The van der Waals surface area contributed by atoms with Gasteiger partial charge in [0.25, 0.3) is 40.3 Å². The Morgan fingerprint density at radius 2 is 0.911 bits per heavy atom. The Labute approximate surface area is 318 Å². The molecule has 0 saturated carbocycles. The van der Waals surface area contributed by atoms with Crippen molar-refractivity contribution in [2.24, 2.45) is 0 Å². The van der Waals surface area contributed by atoms with Crippen LogP contribution in [0.1, 0.15) is 11.1 Å². The molecule has 0 spiro atoms. The lowest BCUT2D eigenvalue weighted by molar-refractivity contribution is 0.262. The van der Waals surface area contributed by atoms with E-state index in [1.54, 1.807) is 0 Å². The van der Waals surface area contributed by atoms with Crippen LogP contribution in [0.3, 0.4) is 0 Å². The Bertz CT molecular complexity index is 3050. The van der Waals surface area contributed by atoms with Gasteiger partial charge < -0.3 is 20.8 Å². The minimum atomic E-state index is -4.83. The molecule has 6 N–H and O–H groups in total.